The van der Waals surface area contributed by atoms with E-state index in [1.54, 1.807) is 20.8 Å². The van der Waals surface area contributed by atoms with E-state index in [1.165, 1.54) is 0 Å². The average Bonchev–Trinajstić information content (AvgIpc) is 3.32. The van der Waals surface area contributed by atoms with E-state index < -0.39 is 30.4 Å². The molecule has 1 heterocycles. The van der Waals surface area contributed by atoms with Gasteiger partial charge in [-0.15, -0.1) is 5.06 Å². The summed E-state index contributed by atoms with van der Waals surface area (Å²) >= 11 is 0. The smallest absolute Gasteiger partial charge is 0.480 e. The van der Waals surface area contributed by atoms with E-state index in [0.29, 0.717) is 5.56 Å². The van der Waals surface area contributed by atoms with Crippen molar-refractivity contribution in [3.05, 3.63) is 96.6 Å². The van der Waals surface area contributed by atoms with E-state index in [0.717, 1.165) is 49.3 Å². The molecule has 0 spiro atoms. The van der Waals surface area contributed by atoms with Gasteiger partial charge in [0.2, 0.25) is 0 Å². The van der Waals surface area contributed by atoms with Crippen LogP contribution >= 0.6 is 0 Å². The molecule has 4 aromatic carbocycles. The number of hydrogen-bond acceptors (Lipinski definition) is 7. The van der Waals surface area contributed by atoms with Gasteiger partial charge >= 0.3 is 12.1 Å². The highest BCUT2D eigenvalue weighted by molar-refractivity contribution is 6.09. The van der Waals surface area contributed by atoms with Crippen molar-refractivity contribution >= 4 is 34.1 Å². The Morgan fingerprint density at radius 3 is 2.07 bits per heavy atom. The average molecular weight is 554 g/mol. The highest BCUT2D eigenvalue weighted by atomic mass is 16.8. The van der Waals surface area contributed by atoms with Crippen LogP contribution in [0.1, 0.15) is 26.3 Å². The monoisotopic (exact) mass is 553 g/mol. The normalized spacial score (nSPS) is 12.5. The second-order valence-electron chi connectivity index (χ2n) is 10.7. The van der Waals surface area contributed by atoms with Gasteiger partial charge in [-0.2, -0.15) is 0 Å². The van der Waals surface area contributed by atoms with Crippen molar-refractivity contribution in [1.82, 2.24) is 5.06 Å². The van der Waals surface area contributed by atoms with Gasteiger partial charge in [-0.25, -0.2) is 4.79 Å². The highest BCUT2D eigenvalue weighted by Gasteiger charge is 2.30. The number of aliphatic carboxylic acids is 1. The van der Waals surface area contributed by atoms with Crippen molar-refractivity contribution in [2.45, 2.75) is 39.0 Å². The van der Waals surface area contributed by atoms with E-state index in [4.69, 9.17) is 14.0 Å². The van der Waals surface area contributed by atoms with E-state index >= 15 is 0 Å². The zero-order chi connectivity index (χ0) is 29.1. The second-order valence-corrected chi connectivity index (χ2v) is 10.7. The minimum Gasteiger partial charge on any atom is -0.480 e. The fourth-order valence-corrected chi connectivity index (χ4v) is 4.66. The Labute approximate surface area is 237 Å². The Morgan fingerprint density at radius 1 is 0.829 bits per heavy atom. The lowest BCUT2D eigenvalue weighted by Gasteiger charge is -2.27. The van der Waals surface area contributed by atoms with E-state index in [-0.39, 0.29) is 6.54 Å². The first-order valence-electron chi connectivity index (χ1n) is 13.2. The largest absolute Gasteiger partial charge is 0.528 e. The molecule has 0 amide bonds. The lowest BCUT2D eigenvalue weighted by atomic mass is 9.98. The van der Waals surface area contributed by atoms with Crippen LogP contribution in [0.25, 0.3) is 44.2 Å². The minimum absolute atomic E-state index is 0.0580. The molecule has 0 aliphatic carbocycles. The van der Waals surface area contributed by atoms with Crippen LogP contribution in [0.5, 0.6) is 0 Å². The first kappa shape index (κ1) is 27.9. The Bertz CT molecular complexity index is 1680. The van der Waals surface area contributed by atoms with Gasteiger partial charge in [0.25, 0.3) is 0 Å². The fraction of sp³-hybridized carbons (Fsp3) is 0.212. The Kier molecular flexibility index (Phi) is 7.79. The maximum absolute atomic E-state index is 12.2. The van der Waals surface area contributed by atoms with Crippen LogP contribution in [0.2, 0.25) is 0 Å². The zero-order valence-corrected chi connectivity index (χ0v) is 23.0. The first-order valence-corrected chi connectivity index (χ1v) is 13.2. The van der Waals surface area contributed by atoms with Crippen LogP contribution in [0.3, 0.4) is 0 Å². The van der Waals surface area contributed by atoms with Crippen LogP contribution in [0.15, 0.2) is 95.4 Å². The van der Waals surface area contributed by atoms with Crippen LogP contribution in [-0.4, -0.2) is 45.7 Å². The molecular formula is C33H31NO7. The third-order valence-electron chi connectivity index (χ3n) is 6.61. The second kappa shape index (κ2) is 11.4. The van der Waals surface area contributed by atoms with Crippen LogP contribution in [-0.2, 0) is 20.9 Å². The van der Waals surface area contributed by atoms with Crippen LogP contribution < -0.4 is 0 Å². The third-order valence-corrected chi connectivity index (χ3v) is 6.61. The number of ether oxygens (including phenoxy) is 1. The summed E-state index contributed by atoms with van der Waals surface area (Å²) in [5.74, 6) is -1.33. The van der Waals surface area contributed by atoms with Gasteiger partial charge in [-0.05, 0) is 49.1 Å². The summed E-state index contributed by atoms with van der Waals surface area (Å²) in [6.45, 7) is 4.21. The Hall–Kier alpha value is -4.66. The number of nitrogens with zero attached hydrogens (tertiary/aromatic N) is 1. The maximum Gasteiger partial charge on any atom is 0.528 e. The van der Waals surface area contributed by atoms with Crippen molar-refractivity contribution in [3.8, 4) is 22.3 Å². The third kappa shape index (κ3) is 6.24. The molecule has 0 radical (unpaired) electrons. The molecule has 8 nitrogen and oxygen atoms in total. The number of benzene rings is 4. The predicted molar refractivity (Wildman–Crippen MR) is 156 cm³/mol. The van der Waals surface area contributed by atoms with Crippen molar-refractivity contribution < 1.29 is 33.8 Å². The molecule has 5 rings (SSSR count). The van der Waals surface area contributed by atoms with E-state index in [9.17, 15) is 19.8 Å². The maximum atomic E-state index is 12.2. The summed E-state index contributed by atoms with van der Waals surface area (Å²) in [5, 5.41) is 22.2. The van der Waals surface area contributed by atoms with Crippen molar-refractivity contribution in [1.29, 1.82) is 0 Å². The molecule has 41 heavy (non-hydrogen) atoms. The lowest BCUT2D eigenvalue weighted by Crippen LogP contribution is -2.45. The van der Waals surface area contributed by atoms with Crippen LogP contribution in [0, 0.1) is 0 Å². The lowest BCUT2D eigenvalue weighted by molar-refractivity contribution is -0.192. The summed E-state index contributed by atoms with van der Waals surface area (Å²) in [7, 11) is 0. The number of carbonyl (C=O) groups is 2. The predicted octanol–water partition coefficient (Wildman–Crippen LogP) is 7.03. The standard InChI is InChI=1S/C33H31NO7/c1-33(2,3)40-32(38)41-34(28(20-35)31(36)37)19-21-11-13-22(14-12-21)23-15-17-24(18-16-23)25-8-6-9-27-26-7-4-5-10-29(26)39-30(25)27/h4-18,28,35H,19-20H2,1-3H3,(H,36,37)/t28-/m0/s1. The van der Waals surface area contributed by atoms with Gasteiger partial charge in [-0.1, -0.05) is 84.9 Å². The molecule has 0 bridgehead atoms. The number of aliphatic hydroxyl groups excluding tert-OH is 1. The molecular weight excluding hydrogens is 522 g/mol. The number of rotatable bonds is 8. The van der Waals surface area contributed by atoms with Gasteiger partial charge in [0, 0.05) is 16.3 Å². The van der Waals surface area contributed by atoms with E-state index in [1.807, 2.05) is 60.7 Å². The molecule has 0 unspecified atom stereocenters. The topological polar surface area (TPSA) is 109 Å². The number of carbonyl (C=O) groups excluding carboxylic acids is 1. The number of para-hydroxylation sites is 2. The fourth-order valence-electron chi connectivity index (χ4n) is 4.66. The molecule has 2 N–H and O–H groups in total. The quantitative estimate of drug-likeness (QED) is 0.156. The summed E-state index contributed by atoms with van der Waals surface area (Å²) in [6, 6.07) is 28.4. The molecule has 0 saturated heterocycles. The number of furan rings is 1. The summed E-state index contributed by atoms with van der Waals surface area (Å²) in [5.41, 5.74) is 5.58. The number of hydroxylamine groups is 2. The van der Waals surface area contributed by atoms with Crippen molar-refractivity contribution in [3.63, 3.8) is 0 Å². The SMILES string of the molecule is CC(C)(C)OC(=O)ON(Cc1ccc(-c2ccc(-c3cccc4c3oc3ccccc34)cc2)cc1)[C@@H](CO)C(=O)O. The summed E-state index contributed by atoms with van der Waals surface area (Å²) in [4.78, 5) is 29.1. The molecule has 1 aromatic heterocycles. The molecule has 0 fully saturated rings. The zero-order valence-electron chi connectivity index (χ0n) is 23.0. The van der Waals surface area contributed by atoms with Gasteiger partial charge < -0.3 is 24.2 Å². The molecule has 0 saturated carbocycles. The molecule has 5 aromatic rings. The van der Waals surface area contributed by atoms with Gasteiger partial charge in [0.15, 0.2) is 6.04 Å². The number of carboxylic acid groups (broad SMARTS) is 1. The molecule has 8 heteroatoms. The van der Waals surface area contributed by atoms with E-state index in [2.05, 4.69) is 30.3 Å². The molecule has 0 aliphatic heterocycles. The molecule has 210 valence electrons. The summed E-state index contributed by atoms with van der Waals surface area (Å²) in [6.07, 6.45) is -1.05. The Morgan fingerprint density at radius 2 is 1.44 bits per heavy atom. The van der Waals surface area contributed by atoms with Crippen molar-refractivity contribution in [2.24, 2.45) is 0 Å². The number of fused-ring (bicyclic) bond motifs is 3. The highest BCUT2D eigenvalue weighted by Crippen LogP contribution is 2.36. The van der Waals surface area contributed by atoms with Gasteiger partial charge in [-0.3, -0.25) is 4.79 Å². The van der Waals surface area contributed by atoms with Crippen molar-refractivity contribution in [2.75, 3.05) is 6.61 Å². The van der Waals surface area contributed by atoms with Gasteiger partial charge in [0.1, 0.15) is 16.8 Å². The first-order chi connectivity index (χ1) is 19.6. The van der Waals surface area contributed by atoms with Gasteiger partial charge in [0.05, 0.1) is 13.2 Å². The number of hydrogen-bond donors (Lipinski definition) is 2. The molecule has 0 aliphatic rings. The van der Waals surface area contributed by atoms with Crippen LogP contribution in [0.4, 0.5) is 4.79 Å². The minimum atomic E-state index is -1.45. The Balaban J connectivity index is 1.35. The number of aliphatic hydroxyl groups is 1. The molecule has 1 atom stereocenters. The number of carboxylic acids is 1. The summed E-state index contributed by atoms with van der Waals surface area (Å²) < 4.78 is 11.3.